The Kier molecular flexibility index (Phi) is 5.45. The summed E-state index contributed by atoms with van der Waals surface area (Å²) in [6, 6.07) is 9.39. The van der Waals surface area contributed by atoms with Gasteiger partial charge in [-0.1, -0.05) is 17.7 Å². The smallest absolute Gasteiger partial charge is 0.213 e. The molecule has 0 radical (unpaired) electrons. The lowest BCUT2D eigenvalue weighted by Gasteiger charge is -2.06. The van der Waals surface area contributed by atoms with Crippen LogP contribution in [0.5, 0.6) is 0 Å². The highest BCUT2D eigenvalue weighted by molar-refractivity contribution is 6.30. The molecule has 29 heavy (non-hydrogen) atoms. The van der Waals surface area contributed by atoms with E-state index in [-0.39, 0.29) is 17.2 Å². The van der Waals surface area contributed by atoms with Gasteiger partial charge in [-0.2, -0.15) is 4.39 Å². The van der Waals surface area contributed by atoms with Crippen LogP contribution in [0.2, 0.25) is 5.02 Å². The maximum atomic E-state index is 13.4. The van der Waals surface area contributed by atoms with Crippen molar-refractivity contribution < 1.29 is 13.6 Å². The third-order valence-corrected chi connectivity index (χ3v) is 5.05. The summed E-state index contributed by atoms with van der Waals surface area (Å²) in [5, 5.41) is 0.0557. The standard InChI is InChI=1S/C22H16ClF2N3O/c23-19-7-13(2-4-20(19)24)1-3-17(29)10-16-8-15-11-28-22(18(15)12-27-16)14-5-6-26-21(25)9-14/h2,4-9,12H,1,3,10-11H2. The van der Waals surface area contributed by atoms with Crippen LogP contribution in [0.3, 0.4) is 0 Å². The highest BCUT2D eigenvalue weighted by atomic mass is 35.5. The van der Waals surface area contributed by atoms with E-state index in [4.69, 9.17) is 11.6 Å². The maximum absolute atomic E-state index is 13.4. The molecule has 3 aromatic rings. The number of ketones is 1. The van der Waals surface area contributed by atoms with Gasteiger partial charge >= 0.3 is 0 Å². The molecule has 0 atom stereocenters. The molecule has 1 aliphatic rings. The van der Waals surface area contributed by atoms with Gasteiger partial charge < -0.3 is 0 Å². The summed E-state index contributed by atoms with van der Waals surface area (Å²) in [5.74, 6) is -0.996. The topological polar surface area (TPSA) is 55.2 Å². The number of hydrogen-bond donors (Lipinski definition) is 0. The minimum absolute atomic E-state index is 0.0354. The van der Waals surface area contributed by atoms with Crippen molar-refractivity contribution in [3.63, 3.8) is 0 Å². The minimum atomic E-state index is -0.559. The molecule has 0 aliphatic carbocycles. The van der Waals surface area contributed by atoms with Crippen LogP contribution < -0.4 is 0 Å². The predicted octanol–water partition coefficient (Wildman–Crippen LogP) is 4.50. The molecule has 146 valence electrons. The lowest BCUT2D eigenvalue weighted by Crippen LogP contribution is -2.08. The Morgan fingerprint density at radius 2 is 1.97 bits per heavy atom. The predicted molar refractivity (Wildman–Crippen MR) is 106 cm³/mol. The molecule has 1 aliphatic heterocycles. The van der Waals surface area contributed by atoms with Crippen LogP contribution in [-0.2, 0) is 24.2 Å². The summed E-state index contributed by atoms with van der Waals surface area (Å²) in [4.78, 5) is 24.8. The molecule has 0 saturated carbocycles. The fourth-order valence-electron chi connectivity index (χ4n) is 3.30. The van der Waals surface area contributed by atoms with E-state index in [0.717, 1.165) is 16.7 Å². The summed E-state index contributed by atoms with van der Waals surface area (Å²) in [7, 11) is 0. The summed E-state index contributed by atoms with van der Waals surface area (Å²) >= 11 is 5.77. The molecule has 0 spiro atoms. The molecule has 0 fully saturated rings. The van der Waals surface area contributed by atoms with Gasteiger partial charge in [0, 0.05) is 48.1 Å². The average molecular weight is 412 g/mol. The number of pyridine rings is 2. The van der Waals surface area contributed by atoms with Crippen molar-refractivity contribution in [2.24, 2.45) is 4.99 Å². The fourth-order valence-corrected chi connectivity index (χ4v) is 3.51. The first-order chi connectivity index (χ1) is 14.0. The average Bonchev–Trinajstić information content (AvgIpc) is 3.12. The van der Waals surface area contributed by atoms with Crippen molar-refractivity contribution in [1.82, 2.24) is 9.97 Å². The van der Waals surface area contributed by atoms with E-state index in [1.807, 2.05) is 6.07 Å². The second kappa shape index (κ2) is 8.17. The molecule has 4 rings (SSSR count). The van der Waals surface area contributed by atoms with Crippen LogP contribution in [0, 0.1) is 11.8 Å². The lowest BCUT2D eigenvalue weighted by molar-refractivity contribution is -0.118. The number of carbonyl (C=O) groups is 1. The zero-order valence-electron chi connectivity index (χ0n) is 15.3. The van der Waals surface area contributed by atoms with Gasteiger partial charge in [-0.3, -0.25) is 14.8 Å². The molecule has 0 saturated heterocycles. The molecule has 2 aromatic heterocycles. The number of hydrogen-bond acceptors (Lipinski definition) is 4. The van der Waals surface area contributed by atoms with Gasteiger partial charge in [0.15, 0.2) is 0 Å². The highest BCUT2D eigenvalue weighted by Gasteiger charge is 2.19. The Labute approximate surface area is 171 Å². The van der Waals surface area contributed by atoms with E-state index in [1.54, 1.807) is 24.4 Å². The van der Waals surface area contributed by atoms with Gasteiger partial charge in [-0.25, -0.2) is 9.37 Å². The van der Waals surface area contributed by atoms with E-state index >= 15 is 0 Å². The number of fused-ring (bicyclic) bond motifs is 1. The Morgan fingerprint density at radius 3 is 2.76 bits per heavy atom. The Balaban J connectivity index is 1.41. The summed E-state index contributed by atoms with van der Waals surface area (Å²) in [6.07, 6.45) is 4.10. The van der Waals surface area contributed by atoms with Crippen molar-refractivity contribution in [3.8, 4) is 0 Å². The van der Waals surface area contributed by atoms with E-state index < -0.39 is 11.8 Å². The Morgan fingerprint density at radius 1 is 1.10 bits per heavy atom. The zero-order chi connectivity index (χ0) is 20.4. The van der Waals surface area contributed by atoms with Crippen molar-refractivity contribution in [2.75, 3.05) is 0 Å². The molecular weight excluding hydrogens is 396 g/mol. The van der Waals surface area contributed by atoms with Crippen LogP contribution in [0.15, 0.2) is 53.8 Å². The first kappa shape index (κ1) is 19.3. The third kappa shape index (κ3) is 4.38. The van der Waals surface area contributed by atoms with Gasteiger partial charge in [0.2, 0.25) is 5.95 Å². The number of carbonyl (C=O) groups excluding carboxylic acids is 1. The van der Waals surface area contributed by atoms with Crippen molar-refractivity contribution in [3.05, 3.63) is 93.5 Å². The summed E-state index contributed by atoms with van der Waals surface area (Å²) in [5.41, 5.74) is 4.62. The van der Waals surface area contributed by atoms with E-state index in [1.165, 1.54) is 18.3 Å². The number of aryl methyl sites for hydroxylation is 1. The number of aromatic nitrogens is 2. The molecule has 0 amide bonds. The number of Topliss-reactive ketones (excluding diaryl/α,β-unsaturated/α-hetero) is 1. The van der Waals surface area contributed by atoms with Crippen LogP contribution in [0.1, 0.15) is 34.4 Å². The second-order valence-electron chi connectivity index (χ2n) is 6.83. The molecular formula is C22H16ClF2N3O. The van der Waals surface area contributed by atoms with Crippen LogP contribution in [-0.4, -0.2) is 21.5 Å². The van der Waals surface area contributed by atoms with Gasteiger partial charge in [0.25, 0.3) is 0 Å². The van der Waals surface area contributed by atoms with Gasteiger partial charge in [-0.15, -0.1) is 0 Å². The third-order valence-electron chi connectivity index (χ3n) is 4.76. The summed E-state index contributed by atoms with van der Waals surface area (Å²) in [6.45, 7) is 0.465. The number of nitrogens with zero attached hydrogens (tertiary/aromatic N) is 3. The highest BCUT2D eigenvalue weighted by Crippen LogP contribution is 2.24. The largest absolute Gasteiger partial charge is 0.299 e. The zero-order valence-corrected chi connectivity index (χ0v) is 16.1. The Bertz CT molecular complexity index is 1130. The van der Waals surface area contributed by atoms with Crippen LogP contribution in [0.25, 0.3) is 0 Å². The lowest BCUT2D eigenvalue weighted by atomic mass is 10.0. The monoisotopic (exact) mass is 411 g/mol. The Hall–Kier alpha value is -2.99. The molecule has 4 nitrogen and oxygen atoms in total. The first-order valence-electron chi connectivity index (χ1n) is 9.10. The van der Waals surface area contributed by atoms with Crippen molar-refractivity contribution in [1.29, 1.82) is 0 Å². The molecule has 0 N–H and O–H groups in total. The van der Waals surface area contributed by atoms with Crippen LogP contribution in [0.4, 0.5) is 8.78 Å². The number of rotatable bonds is 6. The van der Waals surface area contributed by atoms with E-state index in [9.17, 15) is 13.6 Å². The quantitative estimate of drug-likeness (QED) is 0.561. The van der Waals surface area contributed by atoms with Crippen LogP contribution >= 0.6 is 11.6 Å². The molecule has 1 aromatic carbocycles. The van der Waals surface area contributed by atoms with Gasteiger partial charge in [0.1, 0.15) is 11.6 Å². The molecule has 0 bridgehead atoms. The molecule has 7 heteroatoms. The maximum Gasteiger partial charge on any atom is 0.213 e. The summed E-state index contributed by atoms with van der Waals surface area (Å²) < 4.78 is 26.6. The van der Waals surface area contributed by atoms with E-state index in [0.29, 0.717) is 36.4 Å². The van der Waals surface area contributed by atoms with Crippen molar-refractivity contribution >= 4 is 23.1 Å². The normalized spacial score (nSPS) is 12.6. The SMILES string of the molecule is O=C(CCc1ccc(F)c(Cl)c1)Cc1cc2c(cn1)C(c1ccnc(F)c1)=NC2. The number of aliphatic imine (C=N–C) groups is 1. The number of benzene rings is 1. The van der Waals surface area contributed by atoms with Gasteiger partial charge in [0.05, 0.1) is 17.3 Å². The second-order valence-corrected chi connectivity index (χ2v) is 7.24. The number of halogens is 3. The molecule has 3 heterocycles. The van der Waals surface area contributed by atoms with Crippen molar-refractivity contribution in [2.45, 2.75) is 25.8 Å². The molecule has 0 unspecified atom stereocenters. The first-order valence-corrected chi connectivity index (χ1v) is 9.47. The van der Waals surface area contributed by atoms with Gasteiger partial charge in [-0.05, 0) is 41.8 Å². The van der Waals surface area contributed by atoms with E-state index in [2.05, 4.69) is 15.0 Å². The minimum Gasteiger partial charge on any atom is -0.299 e. The fraction of sp³-hybridized carbons (Fsp3) is 0.182.